The van der Waals surface area contributed by atoms with Crippen molar-refractivity contribution in [3.63, 3.8) is 0 Å². The molecule has 0 bridgehead atoms. The lowest BCUT2D eigenvalue weighted by Crippen LogP contribution is -2.42. The van der Waals surface area contributed by atoms with E-state index in [0.29, 0.717) is 31.9 Å². The number of Topliss-reactive ketones (excluding diaryl/α,β-unsaturated/α-hetero) is 1. The van der Waals surface area contributed by atoms with E-state index in [1.54, 1.807) is 0 Å². The zero-order chi connectivity index (χ0) is 20.4. The normalized spacial score (nSPS) is 22.4. The highest BCUT2D eigenvalue weighted by molar-refractivity contribution is 7.10. The molecule has 2 aliphatic heterocycles. The van der Waals surface area contributed by atoms with Crippen molar-refractivity contribution in [2.24, 2.45) is 0 Å². The van der Waals surface area contributed by atoms with Crippen molar-refractivity contribution in [1.82, 2.24) is 9.80 Å². The molecule has 1 N–H and O–H groups in total. The zero-order valence-electron chi connectivity index (χ0n) is 15.7. The number of ketones is 1. The molecule has 29 heavy (non-hydrogen) atoms. The third kappa shape index (κ3) is 3.96. The Balaban J connectivity index is 1.68. The number of benzene rings is 1. The maximum atomic E-state index is 13.3. The number of ether oxygens (including phenoxy) is 1. The van der Waals surface area contributed by atoms with E-state index in [1.807, 2.05) is 17.5 Å². The Bertz CT molecular complexity index is 921. The van der Waals surface area contributed by atoms with E-state index in [4.69, 9.17) is 4.74 Å². The summed E-state index contributed by atoms with van der Waals surface area (Å²) in [6, 6.07) is 8.27. The SMILES string of the molecule is O=C1C(=O)N(CCN2CCOCC2)[C@@H](c2cccs2)C1=C(O)c1ccc(F)cc1. The highest BCUT2D eigenvalue weighted by atomic mass is 32.1. The number of morpholine rings is 1. The number of amides is 1. The summed E-state index contributed by atoms with van der Waals surface area (Å²) in [6.07, 6.45) is 0. The second-order valence-electron chi connectivity index (χ2n) is 6.97. The Labute approximate surface area is 171 Å². The molecule has 0 aliphatic carbocycles. The molecular weight excluding hydrogens is 395 g/mol. The van der Waals surface area contributed by atoms with Crippen LogP contribution in [0.15, 0.2) is 47.4 Å². The summed E-state index contributed by atoms with van der Waals surface area (Å²) >= 11 is 1.42. The predicted octanol–water partition coefficient (Wildman–Crippen LogP) is 2.64. The monoisotopic (exact) mass is 416 g/mol. The van der Waals surface area contributed by atoms with Crippen molar-refractivity contribution in [1.29, 1.82) is 0 Å². The summed E-state index contributed by atoms with van der Waals surface area (Å²) < 4.78 is 18.6. The van der Waals surface area contributed by atoms with E-state index in [0.717, 1.165) is 18.0 Å². The number of aliphatic hydroxyl groups excluding tert-OH is 1. The van der Waals surface area contributed by atoms with Crippen LogP contribution in [-0.2, 0) is 14.3 Å². The van der Waals surface area contributed by atoms with Crippen molar-refractivity contribution in [2.45, 2.75) is 6.04 Å². The van der Waals surface area contributed by atoms with Crippen molar-refractivity contribution in [2.75, 3.05) is 39.4 Å². The van der Waals surface area contributed by atoms with Gasteiger partial charge in [-0.15, -0.1) is 11.3 Å². The molecule has 1 aromatic carbocycles. The van der Waals surface area contributed by atoms with Gasteiger partial charge in [-0.2, -0.15) is 0 Å². The summed E-state index contributed by atoms with van der Waals surface area (Å²) in [7, 11) is 0. The number of carbonyl (C=O) groups is 2. The number of aliphatic hydroxyl groups is 1. The van der Waals surface area contributed by atoms with Crippen LogP contribution in [0.25, 0.3) is 5.76 Å². The summed E-state index contributed by atoms with van der Waals surface area (Å²) in [5, 5.41) is 12.7. The topological polar surface area (TPSA) is 70.1 Å². The molecule has 2 fully saturated rings. The Morgan fingerprint density at radius 2 is 1.86 bits per heavy atom. The number of hydrogen-bond acceptors (Lipinski definition) is 6. The van der Waals surface area contributed by atoms with Crippen LogP contribution in [0.2, 0.25) is 0 Å². The Kier molecular flexibility index (Phi) is 5.75. The number of halogens is 1. The predicted molar refractivity (Wildman–Crippen MR) is 107 cm³/mol. The molecule has 2 saturated heterocycles. The third-order valence-corrected chi connectivity index (χ3v) is 6.16. The first-order valence-corrected chi connectivity index (χ1v) is 10.3. The molecule has 1 atom stereocenters. The van der Waals surface area contributed by atoms with E-state index < -0.39 is 23.5 Å². The molecule has 0 unspecified atom stereocenters. The van der Waals surface area contributed by atoms with Gasteiger partial charge in [0.15, 0.2) is 0 Å². The summed E-state index contributed by atoms with van der Waals surface area (Å²) in [5.74, 6) is -2.06. The minimum atomic E-state index is -0.716. The average molecular weight is 416 g/mol. The summed E-state index contributed by atoms with van der Waals surface area (Å²) in [4.78, 5) is 30.2. The van der Waals surface area contributed by atoms with Crippen molar-refractivity contribution >= 4 is 28.8 Å². The molecule has 0 saturated carbocycles. The molecular formula is C21H21FN2O4S. The smallest absolute Gasteiger partial charge is 0.295 e. The van der Waals surface area contributed by atoms with Crippen LogP contribution < -0.4 is 0 Å². The van der Waals surface area contributed by atoms with Gasteiger partial charge in [-0.1, -0.05) is 6.07 Å². The first-order valence-electron chi connectivity index (χ1n) is 9.44. The Hall–Kier alpha value is -2.55. The van der Waals surface area contributed by atoms with Gasteiger partial charge in [0.1, 0.15) is 11.6 Å². The van der Waals surface area contributed by atoms with E-state index >= 15 is 0 Å². The highest BCUT2D eigenvalue weighted by Crippen LogP contribution is 2.40. The van der Waals surface area contributed by atoms with Crippen molar-refractivity contribution < 1.29 is 23.8 Å². The molecule has 3 heterocycles. The standard InChI is InChI=1S/C21H21FN2O4S/c22-15-5-3-14(4-6-15)19(25)17-18(16-2-1-13-29-16)24(21(27)20(17)26)8-7-23-9-11-28-12-10-23/h1-6,13,18,25H,7-12H2/t18-/m0/s1. The van der Waals surface area contributed by atoms with E-state index in [9.17, 15) is 19.1 Å². The van der Waals surface area contributed by atoms with E-state index in [1.165, 1.54) is 40.5 Å². The fraction of sp³-hybridized carbons (Fsp3) is 0.333. The van der Waals surface area contributed by atoms with Crippen LogP contribution in [0.1, 0.15) is 16.5 Å². The van der Waals surface area contributed by atoms with Crippen LogP contribution in [0.3, 0.4) is 0 Å². The van der Waals surface area contributed by atoms with Gasteiger partial charge < -0.3 is 14.7 Å². The molecule has 4 rings (SSSR count). The van der Waals surface area contributed by atoms with Gasteiger partial charge in [-0.3, -0.25) is 14.5 Å². The van der Waals surface area contributed by atoms with Crippen LogP contribution >= 0.6 is 11.3 Å². The van der Waals surface area contributed by atoms with Crippen LogP contribution in [0, 0.1) is 5.82 Å². The Morgan fingerprint density at radius 3 is 2.52 bits per heavy atom. The first kappa shape index (κ1) is 19.8. The van der Waals surface area contributed by atoms with Crippen LogP contribution in [0.4, 0.5) is 4.39 Å². The van der Waals surface area contributed by atoms with Gasteiger partial charge in [0, 0.05) is 36.6 Å². The minimum absolute atomic E-state index is 0.0473. The van der Waals surface area contributed by atoms with Gasteiger partial charge in [0.05, 0.1) is 24.8 Å². The lowest BCUT2D eigenvalue weighted by molar-refractivity contribution is -0.140. The molecule has 0 radical (unpaired) electrons. The maximum Gasteiger partial charge on any atom is 0.295 e. The molecule has 152 valence electrons. The van der Waals surface area contributed by atoms with E-state index in [2.05, 4.69) is 4.90 Å². The third-order valence-electron chi connectivity index (χ3n) is 5.23. The lowest BCUT2D eigenvalue weighted by atomic mass is 10.00. The molecule has 1 amide bonds. The minimum Gasteiger partial charge on any atom is -0.507 e. The molecule has 2 aromatic rings. The average Bonchev–Trinajstić information content (AvgIpc) is 3.35. The zero-order valence-corrected chi connectivity index (χ0v) is 16.5. The number of rotatable bonds is 5. The first-order chi connectivity index (χ1) is 14.1. The Morgan fingerprint density at radius 1 is 1.14 bits per heavy atom. The molecule has 1 aromatic heterocycles. The maximum absolute atomic E-state index is 13.3. The summed E-state index contributed by atoms with van der Waals surface area (Å²) in [5.41, 5.74) is 0.352. The fourth-order valence-electron chi connectivity index (χ4n) is 3.69. The number of thiophene rings is 1. The van der Waals surface area contributed by atoms with Crippen molar-refractivity contribution in [3.8, 4) is 0 Å². The fourth-order valence-corrected chi connectivity index (χ4v) is 4.54. The van der Waals surface area contributed by atoms with Gasteiger partial charge in [0.25, 0.3) is 11.7 Å². The van der Waals surface area contributed by atoms with Gasteiger partial charge in [-0.25, -0.2) is 4.39 Å². The van der Waals surface area contributed by atoms with Crippen LogP contribution in [-0.4, -0.2) is 66.0 Å². The lowest BCUT2D eigenvalue weighted by Gasteiger charge is -2.30. The number of nitrogens with zero attached hydrogens (tertiary/aromatic N) is 2. The van der Waals surface area contributed by atoms with E-state index in [-0.39, 0.29) is 11.3 Å². The molecule has 8 heteroatoms. The van der Waals surface area contributed by atoms with Gasteiger partial charge in [-0.05, 0) is 35.7 Å². The van der Waals surface area contributed by atoms with Crippen molar-refractivity contribution in [3.05, 3.63) is 63.6 Å². The second kappa shape index (κ2) is 8.44. The summed E-state index contributed by atoms with van der Waals surface area (Å²) in [6.45, 7) is 3.85. The number of carbonyl (C=O) groups excluding carboxylic acids is 2. The molecule has 0 spiro atoms. The van der Waals surface area contributed by atoms with Gasteiger partial charge >= 0.3 is 0 Å². The molecule has 6 nitrogen and oxygen atoms in total. The molecule has 2 aliphatic rings. The quantitative estimate of drug-likeness (QED) is 0.461. The van der Waals surface area contributed by atoms with Gasteiger partial charge in [0.2, 0.25) is 0 Å². The van der Waals surface area contributed by atoms with Crippen LogP contribution in [0.5, 0.6) is 0 Å². The number of hydrogen-bond donors (Lipinski definition) is 1. The highest BCUT2D eigenvalue weighted by Gasteiger charge is 2.46. The largest absolute Gasteiger partial charge is 0.507 e. The number of likely N-dealkylation sites (tertiary alicyclic amines) is 1. The second-order valence-corrected chi connectivity index (χ2v) is 7.95.